The van der Waals surface area contributed by atoms with E-state index < -0.39 is 0 Å². The van der Waals surface area contributed by atoms with Gasteiger partial charge >= 0.3 is 0 Å². The van der Waals surface area contributed by atoms with Crippen molar-refractivity contribution in [2.75, 3.05) is 0 Å². The minimum atomic E-state index is -0.262. The van der Waals surface area contributed by atoms with E-state index in [0.717, 1.165) is 36.5 Å². The number of hydrogen-bond donors (Lipinski definition) is 1. The number of alkyl halides is 1. The topological polar surface area (TPSA) is 20.2 Å². The Balaban J connectivity index is 1.63. The van der Waals surface area contributed by atoms with Gasteiger partial charge < -0.3 is 5.11 Å². The molecular formula is C19H31ClO. The van der Waals surface area contributed by atoms with Crippen LogP contribution < -0.4 is 0 Å². The maximum absolute atomic E-state index is 10.2. The van der Waals surface area contributed by atoms with Gasteiger partial charge in [-0.1, -0.05) is 20.3 Å². The quantitative estimate of drug-likeness (QED) is 0.624. The molecule has 120 valence electrons. The second-order valence-electron chi connectivity index (χ2n) is 9.27. The van der Waals surface area contributed by atoms with Crippen LogP contribution in [0.3, 0.4) is 0 Å². The Morgan fingerprint density at radius 2 is 1.81 bits per heavy atom. The molecule has 1 nitrogen and oxygen atoms in total. The zero-order valence-corrected chi connectivity index (χ0v) is 14.4. The molecule has 0 spiro atoms. The van der Waals surface area contributed by atoms with Gasteiger partial charge in [-0.2, -0.15) is 0 Å². The first-order valence-electron chi connectivity index (χ1n) is 9.26. The fourth-order valence-corrected chi connectivity index (χ4v) is 7.66. The van der Waals surface area contributed by atoms with Gasteiger partial charge in [0.25, 0.3) is 0 Å². The molecular weight excluding hydrogens is 280 g/mol. The van der Waals surface area contributed by atoms with E-state index >= 15 is 0 Å². The van der Waals surface area contributed by atoms with E-state index in [0.29, 0.717) is 10.8 Å². The Morgan fingerprint density at radius 3 is 2.62 bits per heavy atom. The van der Waals surface area contributed by atoms with E-state index in [4.69, 9.17) is 11.6 Å². The van der Waals surface area contributed by atoms with Crippen LogP contribution in [0.5, 0.6) is 0 Å². The summed E-state index contributed by atoms with van der Waals surface area (Å²) in [6.07, 6.45) is 11.8. The minimum absolute atomic E-state index is 0.0121. The van der Waals surface area contributed by atoms with Gasteiger partial charge in [-0.05, 0) is 85.9 Å². The number of hydrogen-bond acceptors (Lipinski definition) is 1. The SMILES string of the molecule is C[C@@]12CCC[C@H]1[C@@H]1CC[C@H]3C[C@H](O)[C@H](Cl)C[C@]3(C)[C@H]1CC2. The van der Waals surface area contributed by atoms with E-state index in [1.54, 1.807) is 0 Å². The molecule has 4 rings (SSSR count). The highest BCUT2D eigenvalue weighted by atomic mass is 35.5. The van der Waals surface area contributed by atoms with Crippen LogP contribution in [0.2, 0.25) is 0 Å². The first kappa shape index (κ1) is 14.8. The minimum Gasteiger partial charge on any atom is -0.392 e. The van der Waals surface area contributed by atoms with Gasteiger partial charge in [0.05, 0.1) is 11.5 Å². The van der Waals surface area contributed by atoms with Crippen LogP contribution in [-0.4, -0.2) is 16.6 Å². The van der Waals surface area contributed by atoms with E-state index in [1.807, 2.05) is 0 Å². The maximum atomic E-state index is 10.2. The Kier molecular flexibility index (Phi) is 3.44. The molecule has 0 unspecified atom stereocenters. The molecule has 1 N–H and O–H groups in total. The second kappa shape index (κ2) is 4.87. The molecule has 4 saturated carbocycles. The molecule has 0 amide bonds. The van der Waals surface area contributed by atoms with Crippen LogP contribution >= 0.6 is 11.6 Å². The fraction of sp³-hybridized carbons (Fsp3) is 1.00. The van der Waals surface area contributed by atoms with E-state index in [2.05, 4.69) is 13.8 Å². The number of fused-ring (bicyclic) bond motifs is 5. The van der Waals surface area contributed by atoms with Crippen LogP contribution in [0.4, 0.5) is 0 Å². The van der Waals surface area contributed by atoms with Crippen LogP contribution in [0.15, 0.2) is 0 Å². The van der Waals surface area contributed by atoms with Crippen molar-refractivity contribution in [2.24, 2.45) is 34.5 Å². The average Bonchev–Trinajstić information content (AvgIpc) is 2.82. The zero-order valence-electron chi connectivity index (χ0n) is 13.7. The lowest BCUT2D eigenvalue weighted by atomic mass is 9.45. The smallest absolute Gasteiger partial charge is 0.0706 e. The number of halogens is 1. The summed E-state index contributed by atoms with van der Waals surface area (Å²) in [4.78, 5) is 0. The first-order valence-corrected chi connectivity index (χ1v) is 9.70. The van der Waals surface area contributed by atoms with Gasteiger partial charge in [0.2, 0.25) is 0 Å². The second-order valence-corrected chi connectivity index (χ2v) is 9.83. The Labute approximate surface area is 134 Å². The first-order chi connectivity index (χ1) is 9.94. The van der Waals surface area contributed by atoms with Gasteiger partial charge in [0.1, 0.15) is 0 Å². The molecule has 0 aromatic heterocycles. The molecule has 4 aliphatic carbocycles. The Hall–Kier alpha value is 0.250. The molecule has 0 bridgehead atoms. The summed E-state index contributed by atoms with van der Waals surface area (Å²) in [5, 5.41) is 10.2. The third kappa shape index (κ3) is 2.06. The monoisotopic (exact) mass is 310 g/mol. The highest BCUT2D eigenvalue weighted by Crippen LogP contribution is 2.66. The number of aliphatic hydroxyl groups excluding tert-OH is 1. The summed E-state index contributed by atoms with van der Waals surface area (Å²) in [6.45, 7) is 5.09. The summed E-state index contributed by atoms with van der Waals surface area (Å²) in [5.41, 5.74) is 1.05. The molecule has 21 heavy (non-hydrogen) atoms. The summed E-state index contributed by atoms with van der Waals surface area (Å²) in [5.74, 6) is 3.52. The standard InChI is InChI=1S/C19H31ClO/c1-18-8-3-4-14(18)13-6-5-12-10-17(21)16(20)11-19(12,2)15(13)7-9-18/h12-17,21H,3-11H2,1-2H3/t12-,13-,14-,15-,16+,17-,18-,19-/m0/s1. The van der Waals surface area contributed by atoms with E-state index in [9.17, 15) is 5.11 Å². The predicted molar refractivity (Wildman–Crippen MR) is 87.4 cm³/mol. The van der Waals surface area contributed by atoms with E-state index in [1.165, 1.54) is 44.9 Å². The molecule has 8 atom stereocenters. The lowest BCUT2D eigenvalue weighted by molar-refractivity contribution is -0.119. The van der Waals surface area contributed by atoms with Crippen molar-refractivity contribution < 1.29 is 5.11 Å². The van der Waals surface area contributed by atoms with Crippen molar-refractivity contribution in [1.82, 2.24) is 0 Å². The van der Waals surface area contributed by atoms with Gasteiger partial charge in [0, 0.05) is 0 Å². The van der Waals surface area contributed by atoms with Crippen molar-refractivity contribution in [2.45, 2.75) is 83.1 Å². The van der Waals surface area contributed by atoms with Crippen molar-refractivity contribution in [3.05, 3.63) is 0 Å². The normalized spacial score (nSPS) is 60.0. The summed E-state index contributed by atoms with van der Waals surface area (Å²) in [6, 6.07) is 0. The van der Waals surface area contributed by atoms with E-state index in [-0.39, 0.29) is 11.5 Å². The lowest BCUT2D eigenvalue weighted by Crippen LogP contribution is -2.55. The molecule has 0 aliphatic heterocycles. The van der Waals surface area contributed by atoms with Gasteiger partial charge in [-0.25, -0.2) is 0 Å². The molecule has 0 heterocycles. The fourth-order valence-electron chi connectivity index (χ4n) is 7.23. The van der Waals surface area contributed by atoms with Crippen LogP contribution in [-0.2, 0) is 0 Å². The van der Waals surface area contributed by atoms with Crippen molar-refractivity contribution >= 4 is 11.6 Å². The van der Waals surface area contributed by atoms with Crippen LogP contribution in [0.1, 0.15) is 71.6 Å². The largest absolute Gasteiger partial charge is 0.392 e. The third-order valence-electron chi connectivity index (χ3n) is 8.42. The number of aliphatic hydroxyl groups is 1. The van der Waals surface area contributed by atoms with Crippen LogP contribution in [0, 0.1) is 34.5 Å². The molecule has 4 fully saturated rings. The summed E-state index contributed by atoms with van der Waals surface area (Å²) >= 11 is 6.50. The average molecular weight is 311 g/mol. The summed E-state index contributed by atoms with van der Waals surface area (Å²) < 4.78 is 0. The molecule has 0 radical (unpaired) electrons. The molecule has 0 aromatic carbocycles. The maximum Gasteiger partial charge on any atom is 0.0706 e. The van der Waals surface area contributed by atoms with Gasteiger partial charge in [-0.3, -0.25) is 0 Å². The summed E-state index contributed by atoms with van der Waals surface area (Å²) in [7, 11) is 0. The molecule has 2 heteroatoms. The highest BCUT2D eigenvalue weighted by Gasteiger charge is 2.58. The number of rotatable bonds is 0. The van der Waals surface area contributed by atoms with Crippen molar-refractivity contribution in [1.29, 1.82) is 0 Å². The highest BCUT2D eigenvalue weighted by molar-refractivity contribution is 6.21. The van der Waals surface area contributed by atoms with Crippen molar-refractivity contribution in [3.63, 3.8) is 0 Å². The van der Waals surface area contributed by atoms with Crippen LogP contribution in [0.25, 0.3) is 0 Å². The molecule has 0 saturated heterocycles. The molecule has 4 aliphatic rings. The van der Waals surface area contributed by atoms with Gasteiger partial charge in [-0.15, -0.1) is 11.6 Å². The lowest BCUT2D eigenvalue weighted by Gasteiger charge is -2.61. The van der Waals surface area contributed by atoms with Crippen molar-refractivity contribution in [3.8, 4) is 0 Å². The Morgan fingerprint density at radius 1 is 1.00 bits per heavy atom. The zero-order chi connectivity index (χ0) is 14.8. The molecule has 0 aromatic rings. The third-order valence-corrected chi connectivity index (χ3v) is 8.87. The predicted octanol–water partition coefficient (Wildman–Crippen LogP) is 5.00. The Bertz CT molecular complexity index is 424. The van der Waals surface area contributed by atoms with Gasteiger partial charge in [0.15, 0.2) is 0 Å².